The zero-order valence-corrected chi connectivity index (χ0v) is 8.40. The third-order valence-electron chi connectivity index (χ3n) is 1.83. The quantitative estimate of drug-likeness (QED) is 0.651. The van der Waals surface area contributed by atoms with Gasteiger partial charge in [-0.2, -0.15) is 0 Å². The zero-order chi connectivity index (χ0) is 8.85. The predicted molar refractivity (Wildman–Crippen MR) is 51.1 cm³/mol. The summed E-state index contributed by atoms with van der Waals surface area (Å²) < 4.78 is 0. The Bertz CT molecular complexity index is 127. The van der Waals surface area contributed by atoms with Gasteiger partial charge in [0.2, 0.25) is 0 Å². The molecule has 3 heteroatoms. The molecule has 0 saturated carbocycles. The van der Waals surface area contributed by atoms with Crippen molar-refractivity contribution >= 4 is 17.9 Å². The van der Waals surface area contributed by atoms with Crippen LogP contribution in [0, 0.1) is 0 Å². The van der Waals surface area contributed by atoms with Crippen molar-refractivity contribution in [3.05, 3.63) is 0 Å². The van der Waals surface area contributed by atoms with Crippen molar-refractivity contribution in [3.8, 4) is 0 Å². The average molecular weight is 175 g/mol. The Balaban J connectivity index is 3.97. The largest absolute Gasteiger partial charge is 0.331 e. The van der Waals surface area contributed by atoms with Crippen LogP contribution >= 0.6 is 12.6 Å². The first-order valence-electron chi connectivity index (χ1n) is 4.13. The molecule has 0 aromatic carbocycles. The maximum absolute atomic E-state index is 10.9. The summed E-state index contributed by atoms with van der Waals surface area (Å²) in [5.41, 5.74) is 0. The van der Waals surface area contributed by atoms with Gasteiger partial charge in [-0.1, -0.05) is 26.5 Å². The Morgan fingerprint density at radius 3 is 2.36 bits per heavy atom. The fourth-order valence-electron chi connectivity index (χ4n) is 0.966. The molecule has 0 aliphatic heterocycles. The van der Waals surface area contributed by atoms with Crippen molar-refractivity contribution in [2.75, 3.05) is 6.54 Å². The topological polar surface area (TPSA) is 20.3 Å². The van der Waals surface area contributed by atoms with Gasteiger partial charge in [0, 0.05) is 12.6 Å². The fourth-order valence-corrected chi connectivity index (χ4v) is 1.26. The first kappa shape index (κ1) is 10.8. The second kappa shape index (κ2) is 5.47. The molecular formula is C8H17NOS. The predicted octanol–water partition coefficient (Wildman–Crippen LogP) is 2.55. The van der Waals surface area contributed by atoms with Gasteiger partial charge >= 0.3 is 0 Å². The van der Waals surface area contributed by atoms with E-state index >= 15 is 0 Å². The summed E-state index contributed by atoms with van der Waals surface area (Å²) in [7, 11) is 0. The minimum atomic E-state index is -0.110. The highest BCUT2D eigenvalue weighted by Gasteiger charge is 2.13. The number of amides is 1. The lowest BCUT2D eigenvalue weighted by Gasteiger charge is -2.25. The van der Waals surface area contributed by atoms with Gasteiger partial charge in [-0.3, -0.25) is 4.79 Å². The molecule has 0 aromatic rings. The molecule has 1 amide bonds. The highest BCUT2D eigenvalue weighted by atomic mass is 32.1. The lowest BCUT2D eigenvalue weighted by Crippen LogP contribution is -2.35. The molecule has 11 heavy (non-hydrogen) atoms. The van der Waals surface area contributed by atoms with Crippen LogP contribution in [0.2, 0.25) is 0 Å². The van der Waals surface area contributed by atoms with Gasteiger partial charge in [-0.25, -0.2) is 0 Å². The number of nitrogens with zero attached hydrogens (tertiary/aromatic N) is 1. The SMILES string of the molecule is CCCN(C(=O)S)C(C)CC. The highest BCUT2D eigenvalue weighted by Crippen LogP contribution is 2.07. The van der Waals surface area contributed by atoms with Crippen molar-refractivity contribution in [1.82, 2.24) is 4.90 Å². The van der Waals surface area contributed by atoms with Gasteiger partial charge in [0.1, 0.15) is 0 Å². The summed E-state index contributed by atoms with van der Waals surface area (Å²) in [5.74, 6) is 0. The minimum absolute atomic E-state index is 0.110. The summed E-state index contributed by atoms with van der Waals surface area (Å²) in [6, 6.07) is 0.319. The van der Waals surface area contributed by atoms with E-state index in [9.17, 15) is 4.79 Å². The smallest absolute Gasteiger partial charge is 0.278 e. The van der Waals surface area contributed by atoms with Crippen molar-refractivity contribution < 1.29 is 4.79 Å². The van der Waals surface area contributed by atoms with E-state index in [0.29, 0.717) is 6.04 Å². The molecule has 0 bridgehead atoms. The van der Waals surface area contributed by atoms with E-state index in [1.165, 1.54) is 0 Å². The van der Waals surface area contributed by atoms with Crippen LogP contribution in [0.4, 0.5) is 4.79 Å². The van der Waals surface area contributed by atoms with E-state index in [1.54, 1.807) is 4.90 Å². The van der Waals surface area contributed by atoms with Gasteiger partial charge in [0.05, 0.1) is 0 Å². The maximum Gasteiger partial charge on any atom is 0.278 e. The molecule has 0 spiro atoms. The molecule has 0 aliphatic carbocycles. The van der Waals surface area contributed by atoms with E-state index in [-0.39, 0.29) is 5.24 Å². The van der Waals surface area contributed by atoms with Crippen LogP contribution in [0.3, 0.4) is 0 Å². The van der Waals surface area contributed by atoms with Crippen molar-refractivity contribution in [2.24, 2.45) is 0 Å². The van der Waals surface area contributed by atoms with E-state index in [1.807, 2.05) is 6.92 Å². The summed E-state index contributed by atoms with van der Waals surface area (Å²) in [4.78, 5) is 12.7. The Morgan fingerprint density at radius 1 is 1.55 bits per heavy atom. The first-order valence-corrected chi connectivity index (χ1v) is 4.57. The van der Waals surface area contributed by atoms with E-state index in [2.05, 4.69) is 26.5 Å². The van der Waals surface area contributed by atoms with Gasteiger partial charge in [-0.05, 0) is 19.8 Å². The molecule has 1 atom stereocenters. The number of hydrogen-bond donors (Lipinski definition) is 1. The van der Waals surface area contributed by atoms with E-state index in [0.717, 1.165) is 19.4 Å². The standard InChI is InChI=1S/C8H17NOS/c1-4-6-9(8(10)11)7(3)5-2/h7H,4-6H2,1-3H3,(H,10,11). The molecule has 0 fully saturated rings. The molecular weight excluding hydrogens is 158 g/mol. The van der Waals surface area contributed by atoms with Gasteiger partial charge < -0.3 is 4.90 Å². The summed E-state index contributed by atoms with van der Waals surface area (Å²) >= 11 is 3.81. The summed E-state index contributed by atoms with van der Waals surface area (Å²) in [5, 5.41) is -0.110. The molecule has 0 rings (SSSR count). The van der Waals surface area contributed by atoms with Gasteiger partial charge in [0.25, 0.3) is 5.24 Å². The molecule has 0 saturated heterocycles. The molecule has 0 aromatic heterocycles. The molecule has 1 unspecified atom stereocenters. The van der Waals surface area contributed by atoms with Crippen LogP contribution in [0.1, 0.15) is 33.6 Å². The highest BCUT2D eigenvalue weighted by molar-refractivity contribution is 7.96. The molecule has 2 nitrogen and oxygen atoms in total. The number of carbonyl (C=O) groups is 1. The number of rotatable bonds is 4. The van der Waals surface area contributed by atoms with Crippen molar-refractivity contribution in [2.45, 2.75) is 39.7 Å². The monoisotopic (exact) mass is 175 g/mol. The van der Waals surface area contributed by atoms with Crippen molar-refractivity contribution in [1.29, 1.82) is 0 Å². The Kier molecular flexibility index (Phi) is 5.38. The lowest BCUT2D eigenvalue weighted by atomic mass is 10.2. The van der Waals surface area contributed by atoms with Crippen LogP contribution in [-0.2, 0) is 0 Å². The molecule has 0 N–H and O–H groups in total. The van der Waals surface area contributed by atoms with Crippen molar-refractivity contribution in [3.63, 3.8) is 0 Å². The van der Waals surface area contributed by atoms with E-state index in [4.69, 9.17) is 0 Å². The second-order valence-electron chi connectivity index (χ2n) is 2.73. The van der Waals surface area contributed by atoms with Crippen LogP contribution in [-0.4, -0.2) is 22.7 Å². The van der Waals surface area contributed by atoms with E-state index < -0.39 is 0 Å². The first-order chi connectivity index (χ1) is 5.13. The Labute approximate surface area is 74.4 Å². The lowest BCUT2D eigenvalue weighted by molar-refractivity contribution is 0.202. The fraction of sp³-hybridized carbons (Fsp3) is 0.875. The summed E-state index contributed by atoms with van der Waals surface area (Å²) in [6.07, 6.45) is 1.99. The number of hydrogen-bond acceptors (Lipinski definition) is 1. The molecule has 66 valence electrons. The maximum atomic E-state index is 10.9. The van der Waals surface area contributed by atoms with Crippen LogP contribution < -0.4 is 0 Å². The normalized spacial score (nSPS) is 12.7. The van der Waals surface area contributed by atoms with Crippen LogP contribution in [0.5, 0.6) is 0 Å². The third kappa shape index (κ3) is 3.65. The molecule has 0 aliphatic rings. The summed E-state index contributed by atoms with van der Waals surface area (Å²) in [6.45, 7) is 7.00. The Hall–Kier alpha value is -0.180. The number of carbonyl (C=O) groups excluding carboxylic acids is 1. The van der Waals surface area contributed by atoms with Crippen LogP contribution in [0.25, 0.3) is 0 Å². The van der Waals surface area contributed by atoms with Gasteiger partial charge in [-0.15, -0.1) is 0 Å². The van der Waals surface area contributed by atoms with Crippen LogP contribution in [0.15, 0.2) is 0 Å². The minimum Gasteiger partial charge on any atom is -0.331 e. The molecule has 0 heterocycles. The van der Waals surface area contributed by atoms with Gasteiger partial charge in [0.15, 0.2) is 0 Å². The zero-order valence-electron chi connectivity index (χ0n) is 7.50. The molecule has 0 radical (unpaired) electrons. The Morgan fingerprint density at radius 2 is 2.09 bits per heavy atom. The third-order valence-corrected chi connectivity index (χ3v) is 2.09. The second-order valence-corrected chi connectivity index (χ2v) is 3.12. The number of thiol groups is 1. The average Bonchev–Trinajstić information content (AvgIpc) is 1.98.